The molecule has 0 radical (unpaired) electrons. The molecule has 1 aliphatic carbocycles. The lowest BCUT2D eigenvalue weighted by molar-refractivity contribution is -0.0757. The molecule has 1 N–H and O–H groups in total. The summed E-state index contributed by atoms with van der Waals surface area (Å²) in [6.07, 6.45) is 5.18. The van der Waals surface area contributed by atoms with Crippen LogP contribution in [-0.4, -0.2) is 25.9 Å². The van der Waals surface area contributed by atoms with Crippen molar-refractivity contribution < 1.29 is 9.47 Å². The van der Waals surface area contributed by atoms with Gasteiger partial charge in [0.2, 0.25) is 0 Å². The third-order valence-corrected chi connectivity index (χ3v) is 4.36. The highest BCUT2D eigenvalue weighted by Crippen LogP contribution is 2.41. The van der Waals surface area contributed by atoms with E-state index in [0.717, 1.165) is 31.7 Å². The summed E-state index contributed by atoms with van der Waals surface area (Å²) < 4.78 is 11.7. The molecule has 0 amide bonds. The van der Waals surface area contributed by atoms with E-state index in [1.807, 2.05) is 13.0 Å². The Morgan fingerprint density at radius 1 is 1.40 bits per heavy atom. The molecule has 3 rings (SSSR count). The molecule has 3 nitrogen and oxygen atoms in total. The molecule has 1 aliphatic heterocycles. The van der Waals surface area contributed by atoms with Crippen molar-refractivity contribution in [3.05, 3.63) is 29.8 Å². The van der Waals surface area contributed by atoms with Crippen LogP contribution in [0.15, 0.2) is 24.3 Å². The summed E-state index contributed by atoms with van der Waals surface area (Å²) in [5.41, 5.74) is 1.33. The fourth-order valence-corrected chi connectivity index (χ4v) is 3.51. The molecule has 2 unspecified atom stereocenters. The largest absolute Gasteiger partial charge is 0.494 e. The number of fused-ring (bicyclic) bond motifs is 1. The number of benzene rings is 1. The third-order valence-electron chi connectivity index (χ3n) is 4.36. The van der Waals surface area contributed by atoms with Crippen molar-refractivity contribution in [1.82, 2.24) is 5.32 Å². The van der Waals surface area contributed by atoms with E-state index in [2.05, 4.69) is 23.5 Å². The molecule has 0 aromatic heterocycles. The smallest absolute Gasteiger partial charge is 0.119 e. The van der Waals surface area contributed by atoms with Gasteiger partial charge < -0.3 is 14.8 Å². The zero-order valence-electron chi connectivity index (χ0n) is 12.1. The van der Waals surface area contributed by atoms with Crippen LogP contribution in [0.5, 0.6) is 5.75 Å². The van der Waals surface area contributed by atoms with E-state index in [9.17, 15) is 0 Å². The van der Waals surface area contributed by atoms with Crippen molar-refractivity contribution >= 4 is 12.4 Å². The minimum absolute atomic E-state index is 0. The first kappa shape index (κ1) is 15.6. The monoisotopic (exact) mass is 297 g/mol. The van der Waals surface area contributed by atoms with Gasteiger partial charge in [-0.15, -0.1) is 12.4 Å². The standard InChI is InChI=1S/C16H23NO2.ClH/c1-2-18-14-7-5-6-13(12-14)16-9-4-3-8-15(16)19-11-10-17-16;/h5-7,12,15,17H,2-4,8-11H2,1H3;1H. The molecule has 1 saturated heterocycles. The first-order valence-electron chi connectivity index (χ1n) is 7.45. The Labute approximate surface area is 127 Å². The summed E-state index contributed by atoms with van der Waals surface area (Å²) in [4.78, 5) is 0. The van der Waals surface area contributed by atoms with Crippen molar-refractivity contribution in [2.24, 2.45) is 0 Å². The minimum Gasteiger partial charge on any atom is -0.494 e. The lowest BCUT2D eigenvalue weighted by Crippen LogP contribution is -2.59. The maximum absolute atomic E-state index is 6.04. The number of morpholine rings is 1. The van der Waals surface area contributed by atoms with Crippen LogP contribution in [-0.2, 0) is 10.3 Å². The highest BCUT2D eigenvalue weighted by molar-refractivity contribution is 5.85. The molecule has 1 aromatic rings. The first-order valence-corrected chi connectivity index (χ1v) is 7.45. The van der Waals surface area contributed by atoms with Crippen LogP contribution in [0.25, 0.3) is 0 Å². The van der Waals surface area contributed by atoms with E-state index in [-0.39, 0.29) is 17.9 Å². The van der Waals surface area contributed by atoms with Gasteiger partial charge in [0.15, 0.2) is 0 Å². The number of rotatable bonds is 3. The molecule has 2 fully saturated rings. The summed E-state index contributed by atoms with van der Waals surface area (Å²) in [5.74, 6) is 0.964. The number of nitrogens with one attached hydrogen (secondary N) is 1. The Kier molecular flexibility index (Phi) is 5.30. The molecule has 1 heterocycles. The second-order valence-corrected chi connectivity index (χ2v) is 5.46. The van der Waals surface area contributed by atoms with Gasteiger partial charge in [0, 0.05) is 6.54 Å². The SMILES string of the molecule is CCOc1cccc(C23CCCCC2OCCN3)c1.Cl. The Morgan fingerprint density at radius 2 is 2.30 bits per heavy atom. The molecule has 1 saturated carbocycles. The average molecular weight is 298 g/mol. The maximum atomic E-state index is 6.04. The summed E-state index contributed by atoms with van der Waals surface area (Å²) in [5, 5.41) is 3.74. The maximum Gasteiger partial charge on any atom is 0.119 e. The normalized spacial score (nSPS) is 29.1. The molecule has 4 heteroatoms. The van der Waals surface area contributed by atoms with E-state index in [4.69, 9.17) is 9.47 Å². The van der Waals surface area contributed by atoms with Crippen LogP contribution in [0, 0.1) is 0 Å². The molecular weight excluding hydrogens is 274 g/mol. The number of hydrogen-bond donors (Lipinski definition) is 1. The molecule has 1 aromatic carbocycles. The fourth-order valence-electron chi connectivity index (χ4n) is 3.51. The van der Waals surface area contributed by atoms with Gasteiger partial charge in [-0.25, -0.2) is 0 Å². The first-order chi connectivity index (χ1) is 9.35. The van der Waals surface area contributed by atoms with E-state index >= 15 is 0 Å². The van der Waals surface area contributed by atoms with Gasteiger partial charge >= 0.3 is 0 Å². The van der Waals surface area contributed by atoms with Crippen molar-refractivity contribution in [1.29, 1.82) is 0 Å². The molecule has 2 aliphatic rings. The summed E-state index contributed by atoms with van der Waals surface area (Å²) in [7, 11) is 0. The molecule has 2 atom stereocenters. The van der Waals surface area contributed by atoms with Gasteiger partial charge in [-0.1, -0.05) is 25.0 Å². The zero-order chi connectivity index (χ0) is 13.1. The van der Waals surface area contributed by atoms with Gasteiger partial charge in [-0.3, -0.25) is 0 Å². The minimum atomic E-state index is 0. The molecule has 112 valence electrons. The predicted molar refractivity (Wildman–Crippen MR) is 82.7 cm³/mol. The Balaban J connectivity index is 0.00000147. The van der Waals surface area contributed by atoms with E-state index < -0.39 is 0 Å². The van der Waals surface area contributed by atoms with E-state index in [1.54, 1.807) is 0 Å². The Bertz CT molecular complexity index is 426. The van der Waals surface area contributed by atoms with Crippen LogP contribution < -0.4 is 10.1 Å². The molecule has 0 bridgehead atoms. The molecule has 20 heavy (non-hydrogen) atoms. The topological polar surface area (TPSA) is 30.5 Å². The van der Waals surface area contributed by atoms with E-state index in [0.29, 0.717) is 12.7 Å². The Morgan fingerprint density at radius 3 is 3.15 bits per heavy atom. The van der Waals surface area contributed by atoms with Gasteiger partial charge in [0.1, 0.15) is 5.75 Å². The van der Waals surface area contributed by atoms with Crippen LogP contribution in [0.1, 0.15) is 38.2 Å². The zero-order valence-corrected chi connectivity index (χ0v) is 12.9. The van der Waals surface area contributed by atoms with Gasteiger partial charge in [-0.05, 0) is 37.5 Å². The Hall–Kier alpha value is -0.770. The highest BCUT2D eigenvalue weighted by Gasteiger charge is 2.44. The fraction of sp³-hybridized carbons (Fsp3) is 0.625. The number of ether oxygens (including phenoxy) is 2. The summed E-state index contributed by atoms with van der Waals surface area (Å²) in [6.45, 7) is 4.51. The van der Waals surface area contributed by atoms with Crippen LogP contribution >= 0.6 is 12.4 Å². The van der Waals surface area contributed by atoms with Crippen molar-refractivity contribution in [3.8, 4) is 5.75 Å². The van der Waals surface area contributed by atoms with Gasteiger partial charge in [0.05, 0.1) is 24.9 Å². The van der Waals surface area contributed by atoms with Crippen LogP contribution in [0.4, 0.5) is 0 Å². The van der Waals surface area contributed by atoms with Crippen molar-refractivity contribution in [2.45, 2.75) is 44.2 Å². The third kappa shape index (κ3) is 2.80. The summed E-state index contributed by atoms with van der Waals surface area (Å²) in [6, 6.07) is 8.52. The lowest BCUT2D eigenvalue weighted by Gasteiger charge is -2.48. The second kappa shape index (κ2) is 6.79. The summed E-state index contributed by atoms with van der Waals surface area (Å²) >= 11 is 0. The highest BCUT2D eigenvalue weighted by atomic mass is 35.5. The van der Waals surface area contributed by atoms with Crippen molar-refractivity contribution in [2.75, 3.05) is 19.8 Å². The van der Waals surface area contributed by atoms with Gasteiger partial charge in [0.25, 0.3) is 0 Å². The van der Waals surface area contributed by atoms with Crippen LogP contribution in [0.3, 0.4) is 0 Å². The molecule has 0 spiro atoms. The van der Waals surface area contributed by atoms with E-state index in [1.165, 1.54) is 18.4 Å². The molecular formula is C16H24ClNO2. The predicted octanol–water partition coefficient (Wildman–Crippen LogP) is 3.26. The van der Waals surface area contributed by atoms with Crippen LogP contribution in [0.2, 0.25) is 0 Å². The number of hydrogen-bond acceptors (Lipinski definition) is 3. The average Bonchev–Trinajstić information content (AvgIpc) is 2.48. The number of halogens is 1. The van der Waals surface area contributed by atoms with Crippen molar-refractivity contribution in [3.63, 3.8) is 0 Å². The quantitative estimate of drug-likeness (QED) is 0.929. The van der Waals surface area contributed by atoms with Gasteiger partial charge in [-0.2, -0.15) is 0 Å². The lowest BCUT2D eigenvalue weighted by atomic mass is 9.73. The second-order valence-electron chi connectivity index (χ2n) is 5.46.